The minimum Gasteiger partial charge on any atom is -0.377 e. The summed E-state index contributed by atoms with van der Waals surface area (Å²) in [6, 6.07) is 14.7. The Morgan fingerprint density at radius 2 is 1.90 bits per heavy atom. The lowest BCUT2D eigenvalue weighted by atomic mass is 10.2. The molecular formula is C17H19N3S. The molecule has 2 aromatic carbocycles. The number of nitrogens with one attached hydrogen (secondary N) is 1. The lowest BCUT2D eigenvalue weighted by molar-refractivity contribution is 1.07. The first-order valence-electron chi connectivity index (χ1n) is 6.98. The molecule has 0 fully saturated rings. The van der Waals surface area contributed by atoms with Gasteiger partial charge in [0.1, 0.15) is 0 Å². The Balaban J connectivity index is 1.82. The van der Waals surface area contributed by atoms with E-state index in [-0.39, 0.29) is 0 Å². The number of nitrogens with zero attached hydrogens (tertiary/aromatic N) is 2. The van der Waals surface area contributed by atoms with Crippen LogP contribution in [0, 0.1) is 6.92 Å². The molecule has 0 aliphatic heterocycles. The lowest BCUT2D eigenvalue weighted by Crippen LogP contribution is -2.10. The maximum atomic E-state index is 4.70. The second kappa shape index (κ2) is 5.82. The fourth-order valence-corrected chi connectivity index (χ4v) is 3.31. The van der Waals surface area contributed by atoms with Crippen molar-refractivity contribution in [2.45, 2.75) is 17.8 Å². The molecule has 108 valence electrons. The number of hydrogen-bond acceptors (Lipinski definition) is 3. The summed E-state index contributed by atoms with van der Waals surface area (Å²) in [5, 5.41) is 0.979. The molecule has 1 heterocycles. The predicted molar refractivity (Wildman–Crippen MR) is 91.2 cm³/mol. The zero-order chi connectivity index (χ0) is 14.8. The number of benzene rings is 2. The van der Waals surface area contributed by atoms with E-state index in [2.05, 4.69) is 73.4 Å². The van der Waals surface area contributed by atoms with Gasteiger partial charge in [0.25, 0.3) is 0 Å². The Kier molecular flexibility index (Phi) is 3.88. The van der Waals surface area contributed by atoms with Crippen LogP contribution in [-0.4, -0.2) is 24.1 Å². The van der Waals surface area contributed by atoms with E-state index >= 15 is 0 Å². The summed E-state index contributed by atoms with van der Waals surface area (Å²) in [5.41, 5.74) is 5.98. The maximum Gasteiger partial charge on any atom is 0.166 e. The third kappa shape index (κ3) is 2.90. The van der Waals surface area contributed by atoms with E-state index in [9.17, 15) is 0 Å². The summed E-state index contributed by atoms with van der Waals surface area (Å²) < 4.78 is 0. The summed E-state index contributed by atoms with van der Waals surface area (Å²) in [5.74, 6) is 0.910. The van der Waals surface area contributed by atoms with E-state index in [1.165, 1.54) is 16.8 Å². The molecule has 1 N–H and O–H groups in total. The largest absolute Gasteiger partial charge is 0.377 e. The highest BCUT2D eigenvalue weighted by Gasteiger charge is 2.08. The van der Waals surface area contributed by atoms with Crippen molar-refractivity contribution >= 4 is 28.5 Å². The fraction of sp³-hybridized carbons (Fsp3) is 0.235. The number of thioether (sulfide) groups is 1. The highest BCUT2D eigenvalue weighted by atomic mass is 32.2. The zero-order valence-corrected chi connectivity index (χ0v) is 13.4. The van der Waals surface area contributed by atoms with Crippen molar-refractivity contribution in [3.8, 4) is 0 Å². The number of fused-ring (bicyclic) bond motifs is 1. The van der Waals surface area contributed by atoms with Crippen molar-refractivity contribution in [1.29, 1.82) is 0 Å². The first kappa shape index (κ1) is 14.0. The Labute approximate surface area is 129 Å². The first-order chi connectivity index (χ1) is 10.1. The minimum absolute atomic E-state index is 0.910. The monoisotopic (exact) mass is 297 g/mol. The molecule has 0 aliphatic rings. The molecule has 0 saturated carbocycles. The van der Waals surface area contributed by atoms with Crippen molar-refractivity contribution in [2.24, 2.45) is 0 Å². The van der Waals surface area contributed by atoms with Gasteiger partial charge in [-0.3, -0.25) is 0 Å². The first-order valence-corrected chi connectivity index (χ1v) is 7.97. The summed E-state index contributed by atoms with van der Waals surface area (Å²) >= 11 is 1.75. The van der Waals surface area contributed by atoms with Crippen LogP contribution in [0.15, 0.2) is 47.6 Å². The Morgan fingerprint density at radius 3 is 2.67 bits per heavy atom. The maximum absolute atomic E-state index is 4.70. The van der Waals surface area contributed by atoms with Crippen LogP contribution < -0.4 is 4.90 Å². The van der Waals surface area contributed by atoms with Gasteiger partial charge in [-0.05, 0) is 30.2 Å². The van der Waals surface area contributed by atoms with E-state index in [1.807, 2.05) is 0 Å². The van der Waals surface area contributed by atoms with E-state index in [4.69, 9.17) is 4.98 Å². The van der Waals surface area contributed by atoms with Gasteiger partial charge in [-0.15, -0.1) is 0 Å². The van der Waals surface area contributed by atoms with Crippen LogP contribution in [0.4, 0.5) is 5.69 Å². The molecule has 3 aromatic rings. The minimum atomic E-state index is 0.910. The molecule has 1 aromatic heterocycles. The van der Waals surface area contributed by atoms with Gasteiger partial charge in [0.15, 0.2) is 5.16 Å². The molecular weight excluding hydrogens is 278 g/mol. The second-order valence-corrected chi connectivity index (χ2v) is 6.29. The molecule has 0 spiro atoms. The molecule has 0 radical (unpaired) electrons. The number of aromatic amines is 1. The SMILES string of the molecule is Cc1cccc2[nH]c(SCc3ccccc3N(C)C)nc12. The quantitative estimate of drug-likeness (QED) is 0.731. The van der Waals surface area contributed by atoms with E-state index in [0.29, 0.717) is 0 Å². The van der Waals surface area contributed by atoms with Gasteiger partial charge in [0.05, 0.1) is 11.0 Å². The van der Waals surface area contributed by atoms with Gasteiger partial charge in [0.2, 0.25) is 0 Å². The third-order valence-electron chi connectivity index (χ3n) is 3.53. The topological polar surface area (TPSA) is 31.9 Å². The number of H-pyrrole nitrogens is 1. The average molecular weight is 297 g/mol. The molecule has 0 aliphatic carbocycles. The number of rotatable bonds is 4. The van der Waals surface area contributed by atoms with E-state index in [1.54, 1.807) is 11.8 Å². The van der Waals surface area contributed by atoms with Crippen LogP contribution in [0.3, 0.4) is 0 Å². The zero-order valence-electron chi connectivity index (χ0n) is 12.6. The van der Waals surface area contributed by atoms with Crippen LogP contribution in [0.1, 0.15) is 11.1 Å². The Morgan fingerprint density at radius 1 is 1.10 bits per heavy atom. The predicted octanol–water partition coefficient (Wildman–Crippen LogP) is 4.23. The Hall–Kier alpha value is -1.94. The molecule has 0 bridgehead atoms. The fourth-order valence-electron chi connectivity index (χ4n) is 2.44. The van der Waals surface area contributed by atoms with Crippen molar-refractivity contribution in [1.82, 2.24) is 9.97 Å². The number of imidazole rings is 1. The van der Waals surface area contributed by atoms with Crippen molar-refractivity contribution < 1.29 is 0 Å². The number of hydrogen-bond donors (Lipinski definition) is 1. The molecule has 3 nitrogen and oxygen atoms in total. The van der Waals surface area contributed by atoms with Crippen molar-refractivity contribution in [3.05, 3.63) is 53.6 Å². The van der Waals surface area contributed by atoms with Crippen molar-refractivity contribution in [3.63, 3.8) is 0 Å². The smallest absolute Gasteiger partial charge is 0.166 e. The highest BCUT2D eigenvalue weighted by Crippen LogP contribution is 2.28. The van der Waals surface area contributed by atoms with Gasteiger partial charge < -0.3 is 9.88 Å². The van der Waals surface area contributed by atoms with Gasteiger partial charge in [-0.2, -0.15) is 0 Å². The summed E-state index contributed by atoms with van der Waals surface area (Å²) in [6.45, 7) is 2.10. The number of para-hydroxylation sites is 2. The molecule has 0 atom stereocenters. The van der Waals surface area contributed by atoms with Crippen LogP contribution >= 0.6 is 11.8 Å². The normalized spacial score (nSPS) is 11.0. The van der Waals surface area contributed by atoms with Gasteiger partial charge >= 0.3 is 0 Å². The molecule has 3 rings (SSSR count). The van der Waals surface area contributed by atoms with Crippen LogP contribution in [-0.2, 0) is 5.75 Å². The molecule has 0 saturated heterocycles. The van der Waals surface area contributed by atoms with Crippen molar-refractivity contribution in [2.75, 3.05) is 19.0 Å². The average Bonchev–Trinajstić information content (AvgIpc) is 2.90. The van der Waals surface area contributed by atoms with Crippen LogP contribution in [0.5, 0.6) is 0 Å². The second-order valence-electron chi connectivity index (χ2n) is 5.32. The molecule has 4 heteroatoms. The van der Waals surface area contributed by atoms with Crippen LogP contribution in [0.25, 0.3) is 11.0 Å². The lowest BCUT2D eigenvalue weighted by Gasteiger charge is -2.16. The third-order valence-corrected chi connectivity index (χ3v) is 4.45. The van der Waals surface area contributed by atoms with Crippen LogP contribution in [0.2, 0.25) is 0 Å². The van der Waals surface area contributed by atoms with E-state index in [0.717, 1.165) is 21.9 Å². The summed E-state index contributed by atoms with van der Waals surface area (Å²) in [4.78, 5) is 10.2. The Bertz CT molecular complexity index is 762. The summed E-state index contributed by atoms with van der Waals surface area (Å²) in [6.07, 6.45) is 0. The molecule has 0 unspecified atom stereocenters. The summed E-state index contributed by atoms with van der Waals surface area (Å²) in [7, 11) is 4.15. The van der Waals surface area contributed by atoms with Gasteiger partial charge in [-0.1, -0.05) is 42.1 Å². The number of anilines is 1. The highest BCUT2D eigenvalue weighted by molar-refractivity contribution is 7.98. The van der Waals surface area contributed by atoms with E-state index < -0.39 is 0 Å². The molecule has 21 heavy (non-hydrogen) atoms. The number of aromatic nitrogens is 2. The molecule has 0 amide bonds. The standard InChI is InChI=1S/C17H19N3S/c1-12-7-6-9-14-16(12)19-17(18-14)21-11-13-8-4-5-10-15(13)20(2)3/h4-10H,11H2,1-3H3,(H,18,19). The number of aryl methyl sites for hydroxylation is 1. The van der Waals surface area contributed by atoms with Gasteiger partial charge in [0, 0.05) is 25.5 Å². The van der Waals surface area contributed by atoms with Gasteiger partial charge in [-0.25, -0.2) is 4.98 Å².